The Kier molecular flexibility index (Phi) is 7.99. The van der Waals surface area contributed by atoms with Gasteiger partial charge in [0.2, 0.25) is 6.29 Å². The topological polar surface area (TPSA) is 154 Å². The lowest BCUT2D eigenvalue weighted by Crippen LogP contribution is -2.67. The van der Waals surface area contributed by atoms with E-state index in [4.69, 9.17) is 9.47 Å². The quantitative estimate of drug-likeness (QED) is 0.298. The van der Waals surface area contributed by atoms with E-state index in [1.165, 1.54) is 0 Å². The molecule has 1 saturated heterocycles. The van der Waals surface area contributed by atoms with Gasteiger partial charge in [0.25, 0.3) is 0 Å². The van der Waals surface area contributed by atoms with E-state index in [0.29, 0.717) is 31.1 Å². The van der Waals surface area contributed by atoms with Crippen molar-refractivity contribution in [2.24, 2.45) is 56.7 Å². The summed E-state index contributed by atoms with van der Waals surface area (Å²) in [5.74, 6) is 0.244. The summed E-state index contributed by atoms with van der Waals surface area (Å²) in [6.07, 6.45) is 0.726. The van der Waals surface area contributed by atoms with Gasteiger partial charge in [0.1, 0.15) is 30.2 Å². The smallest absolute Gasteiger partial charge is 0.314 e. The Morgan fingerprint density at radius 1 is 0.773 bits per heavy atom. The molecule has 0 spiro atoms. The summed E-state index contributed by atoms with van der Waals surface area (Å²) in [6, 6.07) is 0. The number of esters is 1. The lowest BCUT2D eigenvalue weighted by atomic mass is 9.32. The molecule has 0 aromatic carbocycles. The van der Waals surface area contributed by atoms with E-state index in [9.17, 15) is 35.1 Å². The van der Waals surface area contributed by atoms with E-state index < -0.39 is 48.7 Å². The Balaban J connectivity index is 1.33. The first-order chi connectivity index (χ1) is 20.5. The van der Waals surface area contributed by atoms with Gasteiger partial charge in [-0.3, -0.25) is 9.59 Å². The molecule has 0 aromatic heterocycles. The van der Waals surface area contributed by atoms with Gasteiger partial charge in [-0.2, -0.15) is 0 Å². The molecule has 1 heterocycles. The highest BCUT2D eigenvalue weighted by molar-refractivity contribution is 5.84. The molecule has 0 unspecified atom stereocenters. The van der Waals surface area contributed by atoms with E-state index in [1.54, 1.807) is 6.92 Å². The number of fused-ring (bicyclic) bond motifs is 7. The average Bonchev–Trinajstić information content (AvgIpc) is 3.37. The van der Waals surface area contributed by atoms with Crippen molar-refractivity contribution >= 4 is 11.8 Å². The second-order valence-corrected chi connectivity index (χ2v) is 17.1. The monoisotopic (exact) mass is 620 g/mol. The maximum atomic E-state index is 14.3. The van der Waals surface area contributed by atoms with Crippen LogP contribution in [0.4, 0.5) is 0 Å². The molecule has 6 fully saturated rings. The second kappa shape index (κ2) is 10.7. The molecule has 44 heavy (non-hydrogen) atoms. The number of hydrogen-bond acceptors (Lipinski definition) is 9. The highest BCUT2D eigenvalue weighted by Crippen LogP contribution is 2.77. The zero-order chi connectivity index (χ0) is 32.2. The lowest BCUT2D eigenvalue weighted by molar-refractivity contribution is -0.299. The second-order valence-electron chi connectivity index (χ2n) is 17.1. The SMILES string of the molecule is CC(=O)[C@@H]1CC[C@]2(C(=O)O[C@@H]3O[C@H](CO)[C@@H](O)[C@H](O)[C@H]3O)CC[C@]3(C)[C@H](CC[C@@H]4[C@@]5(C)CC[C@H](O)C(C)(C)[C@@H]5CC[C@]43C)[C@@H]12. The van der Waals surface area contributed by atoms with Gasteiger partial charge >= 0.3 is 5.97 Å². The normalized spacial score (nSPS) is 54.8. The summed E-state index contributed by atoms with van der Waals surface area (Å²) in [4.78, 5) is 27.5. The minimum Gasteiger partial charge on any atom is -0.432 e. The summed E-state index contributed by atoms with van der Waals surface area (Å²) in [6.45, 7) is 12.9. The fraction of sp³-hybridized carbons (Fsp3) is 0.943. The fourth-order valence-electron chi connectivity index (χ4n) is 12.8. The van der Waals surface area contributed by atoms with Crippen LogP contribution in [0.5, 0.6) is 0 Å². The van der Waals surface area contributed by atoms with Crippen molar-refractivity contribution in [3.05, 3.63) is 0 Å². The number of hydrogen-bond donors (Lipinski definition) is 5. The molecular formula is C35H56O9. The number of aliphatic hydroxyl groups is 5. The summed E-state index contributed by atoms with van der Waals surface area (Å²) < 4.78 is 11.4. The molecule has 0 radical (unpaired) electrons. The van der Waals surface area contributed by atoms with Gasteiger partial charge in [0, 0.05) is 5.92 Å². The number of ketones is 1. The molecule has 1 aliphatic heterocycles. The zero-order valence-corrected chi connectivity index (χ0v) is 27.5. The average molecular weight is 621 g/mol. The Morgan fingerprint density at radius 3 is 2.14 bits per heavy atom. The number of carbonyl (C=O) groups is 2. The van der Waals surface area contributed by atoms with Crippen molar-refractivity contribution in [3.63, 3.8) is 0 Å². The Hall–Kier alpha value is -1.10. The maximum Gasteiger partial charge on any atom is 0.314 e. The van der Waals surface area contributed by atoms with Crippen molar-refractivity contribution in [3.8, 4) is 0 Å². The highest BCUT2D eigenvalue weighted by Gasteiger charge is 2.72. The van der Waals surface area contributed by atoms with Gasteiger partial charge < -0.3 is 35.0 Å². The number of aliphatic hydroxyl groups excluding tert-OH is 5. The molecule has 9 nitrogen and oxygen atoms in total. The molecule has 0 aromatic rings. The summed E-state index contributed by atoms with van der Waals surface area (Å²) in [7, 11) is 0. The molecule has 6 rings (SSSR count). The number of Topliss-reactive ketones (excluding diaryl/α,β-unsaturated/α-hetero) is 1. The molecule has 5 aliphatic carbocycles. The van der Waals surface area contributed by atoms with Crippen LogP contribution in [-0.2, 0) is 19.1 Å². The number of ether oxygens (including phenoxy) is 2. The fourth-order valence-corrected chi connectivity index (χ4v) is 12.8. The van der Waals surface area contributed by atoms with Crippen LogP contribution in [0.2, 0.25) is 0 Å². The van der Waals surface area contributed by atoms with Crippen LogP contribution in [0, 0.1) is 56.7 Å². The highest BCUT2D eigenvalue weighted by atomic mass is 16.7. The van der Waals surface area contributed by atoms with Gasteiger partial charge in [-0.25, -0.2) is 0 Å². The lowest BCUT2D eigenvalue weighted by Gasteiger charge is -2.72. The molecule has 6 aliphatic rings. The Labute approximate surface area is 262 Å². The van der Waals surface area contributed by atoms with Gasteiger partial charge in [-0.15, -0.1) is 0 Å². The molecular weight excluding hydrogens is 564 g/mol. The summed E-state index contributed by atoms with van der Waals surface area (Å²) >= 11 is 0. The first-order valence-electron chi connectivity index (χ1n) is 17.2. The van der Waals surface area contributed by atoms with Gasteiger partial charge in [-0.05, 0) is 116 Å². The largest absolute Gasteiger partial charge is 0.432 e. The minimum absolute atomic E-state index is 0.0246. The Morgan fingerprint density at radius 2 is 1.48 bits per heavy atom. The van der Waals surface area contributed by atoms with Crippen molar-refractivity contribution < 1.29 is 44.6 Å². The van der Waals surface area contributed by atoms with Crippen LogP contribution in [0.1, 0.15) is 106 Å². The van der Waals surface area contributed by atoms with Gasteiger partial charge in [-0.1, -0.05) is 34.6 Å². The van der Waals surface area contributed by atoms with Crippen molar-refractivity contribution in [1.29, 1.82) is 0 Å². The van der Waals surface area contributed by atoms with Crippen LogP contribution in [-0.4, -0.2) is 80.7 Å². The predicted octanol–water partition coefficient (Wildman–Crippen LogP) is 3.36. The third-order valence-electron chi connectivity index (χ3n) is 15.4. The van der Waals surface area contributed by atoms with Gasteiger partial charge in [0.15, 0.2) is 0 Å². The van der Waals surface area contributed by atoms with Crippen molar-refractivity contribution in [2.45, 2.75) is 143 Å². The molecule has 0 amide bonds. The van der Waals surface area contributed by atoms with E-state index in [2.05, 4.69) is 34.6 Å². The summed E-state index contributed by atoms with van der Waals surface area (Å²) in [5, 5.41) is 51.9. The van der Waals surface area contributed by atoms with E-state index in [0.717, 1.165) is 44.9 Å². The third-order valence-corrected chi connectivity index (χ3v) is 15.4. The van der Waals surface area contributed by atoms with E-state index >= 15 is 0 Å². The van der Waals surface area contributed by atoms with Crippen LogP contribution in [0.15, 0.2) is 0 Å². The zero-order valence-electron chi connectivity index (χ0n) is 27.5. The standard InChI is InChI=1S/C35H56O9/c1-18(37)19-9-14-35(30(42)44-29-28(41)27(40)26(39)21(17-36)43-29)16-15-33(5)20(25(19)35)7-8-23-32(4)12-11-24(38)31(2,3)22(32)10-13-34(23,33)6/h19-29,36,38-41H,7-17H2,1-6H3/t19-,20+,21+,22-,23+,24-,25+,26+,27-,28+,29-,32-,33+,34+,35-/m0/s1. The van der Waals surface area contributed by atoms with E-state index in [-0.39, 0.29) is 51.3 Å². The first-order valence-corrected chi connectivity index (χ1v) is 17.2. The maximum absolute atomic E-state index is 14.3. The van der Waals surface area contributed by atoms with E-state index in [1.807, 2.05) is 0 Å². The van der Waals surface area contributed by atoms with Crippen LogP contribution in [0.3, 0.4) is 0 Å². The minimum atomic E-state index is -1.66. The van der Waals surface area contributed by atoms with Crippen molar-refractivity contribution in [2.75, 3.05) is 6.61 Å². The molecule has 5 saturated carbocycles. The van der Waals surface area contributed by atoms with Crippen LogP contribution < -0.4 is 0 Å². The number of rotatable bonds is 4. The van der Waals surface area contributed by atoms with Crippen molar-refractivity contribution in [1.82, 2.24) is 0 Å². The molecule has 250 valence electrons. The summed E-state index contributed by atoms with van der Waals surface area (Å²) in [5.41, 5.74) is -0.972. The molecule has 15 atom stereocenters. The van der Waals surface area contributed by atoms with Crippen LogP contribution >= 0.6 is 0 Å². The predicted molar refractivity (Wildman–Crippen MR) is 161 cm³/mol. The molecule has 5 N–H and O–H groups in total. The first kappa shape index (κ1) is 32.8. The third kappa shape index (κ3) is 4.24. The Bertz CT molecular complexity index is 1160. The molecule has 0 bridgehead atoms. The molecule has 9 heteroatoms. The number of carbonyl (C=O) groups excluding carboxylic acids is 2. The van der Waals surface area contributed by atoms with Gasteiger partial charge in [0.05, 0.1) is 18.1 Å². The van der Waals surface area contributed by atoms with Crippen LogP contribution in [0.25, 0.3) is 0 Å².